The summed E-state index contributed by atoms with van der Waals surface area (Å²) in [6.45, 7) is 7.86. The number of carbonyl (C=O) groups is 1. The molecule has 1 N–H and O–H groups in total. The van der Waals surface area contributed by atoms with Crippen molar-refractivity contribution < 1.29 is 4.79 Å². The van der Waals surface area contributed by atoms with Crippen LogP contribution in [0.1, 0.15) is 39.5 Å². The van der Waals surface area contributed by atoms with E-state index >= 15 is 0 Å². The number of benzene rings is 1. The highest BCUT2D eigenvalue weighted by atomic mass is 16.1. The molecule has 1 aliphatic heterocycles. The van der Waals surface area contributed by atoms with Gasteiger partial charge in [-0.3, -0.25) is 4.79 Å². The second-order valence-corrected chi connectivity index (χ2v) is 7.46. The fraction of sp³-hybridized carbons (Fsp3) is 0.364. The van der Waals surface area contributed by atoms with Crippen molar-refractivity contribution in [2.45, 2.75) is 26.2 Å². The SMILES string of the molecule is Cc1cn2cc(C(=O)NCCN3CC[C@H](c4ccccc4C)C3)ccc2n1. The van der Waals surface area contributed by atoms with Gasteiger partial charge in [0.1, 0.15) is 5.65 Å². The van der Waals surface area contributed by atoms with Crippen LogP contribution in [0.5, 0.6) is 0 Å². The molecule has 27 heavy (non-hydrogen) atoms. The van der Waals surface area contributed by atoms with E-state index in [1.165, 1.54) is 17.5 Å². The van der Waals surface area contributed by atoms with Crippen LogP contribution < -0.4 is 5.32 Å². The molecule has 0 spiro atoms. The number of pyridine rings is 1. The quantitative estimate of drug-likeness (QED) is 0.758. The van der Waals surface area contributed by atoms with Crippen LogP contribution in [0.4, 0.5) is 0 Å². The summed E-state index contributed by atoms with van der Waals surface area (Å²) >= 11 is 0. The first-order valence-corrected chi connectivity index (χ1v) is 9.61. The molecule has 4 rings (SSSR count). The largest absolute Gasteiger partial charge is 0.351 e. The van der Waals surface area contributed by atoms with Crippen LogP contribution in [0.25, 0.3) is 5.65 Å². The minimum absolute atomic E-state index is 0.0297. The zero-order valence-corrected chi connectivity index (χ0v) is 16.0. The molecular formula is C22H26N4O. The third kappa shape index (κ3) is 3.88. The van der Waals surface area contributed by atoms with Gasteiger partial charge in [-0.05, 0) is 56.0 Å². The van der Waals surface area contributed by atoms with Crippen LogP contribution in [-0.4, -0.2) is 46.4 Å². The van der Waals surface area contributed by atoms with Gasteiger partial charge in [0, 0.05) is 32.0 Å². The molecule has 1 fully saturated rings. The number of likely N-dealkylation sites (tertiary alicyclic amines) is 1. The Morgan fingerprint density at radius 1 is 1.19 bits per heavy atom. The molecule has 3 aromatic rings. The number of hydrogen-bond donors (Lipinski definition) is 1. The number of rotatable bonds is 5. The number of imidazole rings is 1. The molecule has 0 saturated carbocycles. The maximum atomic E-state index is 12.4. The van der Waals surface area contributed by atoms with E-state index in [4.69, 9.17) is 0 Å². The van der Waals surface area contributed by atoms with Crippen molar-refractivity contribution in [2.75, 3.05) is 26.2 Å². The molecule has 5 heteroatoms. The van der Waals surface area contributed by atoms with Crippen molar-refractivity contribution >= 4 is 11.6 Å². The predicted octanol–water partition coefficient (Wildman–Crippen LogP) is 3.17. The highest BCUT2D eigenvalue weighted by Crippen LogP contribution is 2.28. The van der Waals surface area contributed by atoms with Crippen molar-refractivity contribution in [3.05, 3.63) is 71.2 Å². The monoisotopic (exact) mass is 362 g/mol. The molecule has 2 aromatic heterocycles. The summed E-state index contributed by atoms with van der Waals surface area (Å²) in [5.74, 6) is 0.576. The lowest BCUT2D eigenvalue weighted by atomic mass is 9.94. The lowest BCUT2D eigenvalue weighted by Crippen LogP contribution is -2.33. The Kier molecular flexibility index (Phi) is 4.94. The molecule has 140 valence electrons. The van der Waals surface area contributed by atoms with Gasteiger partial charge in [-0.1, -0.05) is 24.3 Å². The van der Waals surface area contributed by atoms with E-state index < -0.39 is 0 Å². The summed E-state index contributed by atoms with van der Waals surface area (Å²) in [5.41, 5.74) is 5.32. The van der Waals surface area contributed by atoms with Crippen molar-refractivity contribution in [1.29, 1.82) is 0 Å². The van der Waals surface area contributed by atoms with E-state index in [2.05, 4.69) is 46.4 Å². The minimum Gasteiger partial charge on any atom is -0.351 e. The fourth-order valence-electron chi connectivity index (χ4n) is 4.02. The van der Waals surface area contributed by atoms with E-state index in [0.29, 0.717) is 18.0 Å². The number of aryl methyl sites for hydroxylation is 2. The Morgan fingerprint density at radius 3 is 2.89 bits per heavy atom. The van der Waals surface area contributed by atoms with Crippen LogP contribution in [-0.2, 0) is 0 Å². The molecule has 1 saturated heterocycles. The average Bonchev–Trinajstić information content (AvgIpc) is 3.27. The van der Waals surface area contributed by atoms with Crippen molar-refractivity contribution in [2.24, 2.45) is 0 Å². The first-order valence-electron chi connectivity index (χ1n) is 9.61. The Balaban J connectivity index is 1.29. The van der Waals surface area contributed by atoms with Crippen molar-refractivity contribution in [1.82, 2.24) is 19.6 Å². The Hall–Kier alpha value is -2.66. The molecule has 0 unspecified atom stereocenters. The minimum atomic E-state index is -0.0297. The Morgan fingerprint density at radius 2 is 2.04 bits per heavy atom. The van der Waals surface area contributed by atoms with E-state index in [9.17, 15) is 4.79 Å². The van der Waals surface area contributed by atoms with Crippen LogP contribution >= 0.6 is 0 Å². The zero-order chi connectivity index (χ0) is 18.8. The van der Waals surface area contributed by atoms with Gasteiger partial charge in [0.05, 0.1) is 11.3 Å². The van der Waals surface area contributed by atoms with Crippen LogP contribution in [0.2, 0.25) is 0 Å². The number of carbonyl (C=O) groups excluding carboxylic acids is 1. The van der Waals surface area contributed by atoms with E-state index in [-0.39, 0.29) is 5.91 Å². The fourth-order valence-corrected chi connectivity index (χ4v) is 4.02. The second-order valence-electron chi connectivity index (χ2n) is 7.46. The van der Waals surface area contributed by atoms with Gasteiger partial charge in [0.2, 0.25) is 0 Å². The number of amides is 1. The number of hydrogen-bond acceptors (Lipinski definition) is 3. The molecule has 1 atom stereocenters. The average molecular weight is 362 g/mol. The van der Waals surface area contributed by atoms with Gasteiger partial charge in [-0.25, -0.2) is 4.98 Å². The molecular weight excluding hydrogens is 336 g/mol. The standard InChI is InChI=1S/C22H26N4O/c1-16-5-3-4-6-20(16)18-9-11-25(14-18)12-10-23-22(27)19-7-8-21-24-17(2)13-26(21)15-19/h3-8,13,15,18H,9-12,14H2,1-2H3,(H,23,27)/t18-/m0/s1. The Labute approximate surface area is 160 Å². The molecule has 1 aromatic carbocycles. The van der Waals surface area contributed by atoms with Gasteiger partial charge in [0.15, 0.2) is 0 Å². The predicted molar refractivity (Wildman–Crippen MR) is 107 cm³/mol. The van der Waals surface area contributed by atoms with Crippen LogP contribution in [0.3, 0.4) is 0 Å². The molecule has 0 bridgehead atoms. The van der Waals surface area contributed by atoms with Crippen LogP contribution in [0, 0.1) is 13.8 Å². The molecule has 1 amide bonds. The lowest BCUT2D eigenvalue weighted by molar-refractivity contribution is 0.0949. The topological polar surface area (TPSA) is 49.6 Å². The lowest BCUT2D eigenvalue weighted by Gasteiger charge is -2.17. The summed E-state index contributed by atoms with van der Waals surface area (Å²) < 4.78 is 1.90. The Bertz CT molecular complexity index is 962. The van der Waals surface area contributed by atoms with Gasteiger partial charge in [-0.2, -0.15) is 0 Å². The molecule has 0 aliphatic carbocycles. The normalized spacial score (nSPS) is 17.5. The zero-order valence-electron chi connectivity index (χ0n) is 16.0. The number of nitrogens with zero attached hydrogens (tertiary/aromatic N) is 3. The first-order chi connectivity index (χ1) is 13.1. The summed E-state index contributed by atoms with van der Waals surface area (Å²) in [7, 11) is 0. The maximum Gasteiger partial charge on any atom is 0.252 e. The van der Waals surface area contributed by atoms with E-state index in [1.54, 1.807) is 0 Å². The van der Waals surface area contributed by atoms with Gasteiger partial charge in [-0.15, -0.1) is 0 Å². The number of fused-ring (bicyclic) bond motifs is 1. The van der Waals surface area contributed by atoms with Crippen LogP contribution in [0.15, 0.2) is 48.8 Å². The van der Waals surface area contributed by atoms with E-state index in [0.717, 1.165) is 31.0 Å². The second kappa shape index (κ2) is 7.53. The molecule has 3 heterocycles. The maximum absolute atomic E-state index is 12.4. The summed E-state index contributed by atoms with van der Waals surface area (Å²) in [6, 6.07) is 12.4. The van der Waals surface area contributed by atoms with Crippen molar-refractivity contribution in [3.8, 4) is 0 Å². The highest BCUT2D eigenvalue weighted by Gasteiger charge is 2.24. The smallest absolute Gasteiger partial charge is 0.252 e. The van der Waals surface area contributed by atoms with Gasteiger partial charge >= 0.3 is 0 Å². The van der Waals surface area contributed by atoms with Gasteiger partial charge < -0.3 is 14.6 Å². The molecule has 0 radical (unpaired) electrons. The third-order valence-corrected chi connectivity index (χ3v) is 5.45. The highest BCUT2D eigenvalue weighted by molar-refractivity contribution is 5.94. The number of nitrogens with one attached hydrogen (secondary N) is 1. The molecule has 1 aliphatic rings. The number of aromatic nitrogens is 2. The van der Waals surface area contributed by atoms with Gasteiger partial charge in [0.25, 0.3) is 5.91 Å². The third-order valence-electron chi connectivity index (χ3n) is 5.45. The summed E-state index contributed by atoms with van der Waals surface area (Å²) in [5, 5.41) is 3.05. The van der Waals surface area contributed by atoms with Crippen molar-refractivity contribution in [3.63, 3.8) is 0 Å². The molecule has 5 nitrogen and oxygen atoms in total. The summed E-state index contributed by atoms with van der Waals surface area (Å²) in [6.07, 6.45) is 4.96. The van der Waals surface area contributed by atoms with E-state index in [1.807, 2.05) is 35.9 Å². The summed E-state index contributed by atoms with van der Waals surface area (Å²) in [4.78, 5) is 19.3. The first kappa shape index (κ1) is 17.7.